The summed E-state index contributed by atoms with van der Waals surface area (Å²) >= 11 is 6.38. The van der Waals surface area contributed by atoms with Crippen LogP contribution in [0.5, 0.6) is 0 Å². The van der Waals surface area contributed by atoms with E-state index in [2.05, 4.69) is 25.7 Å². The number of carbonyl (C=O) groups is 1. The highest BCUT2D eigenvalue weighted by molar-refractivity contribution is 6.35. The Labute approximate surface area is 200 Å². The van der Waals surface area contributed by atoms with Crippen LogP contribution in [0, 0.1) is 18.3 Å². The fourth-order valence-electron chi connectivity index (χ4n) is 3.68. The Bertz CT molecular complexity index is 1440. The number of hydrogen-bond acceptors (Lipinski definition) is 8. The molecule has 0 radical (unpaired) electrons. The molecule has 0 saturated heterocycles. The molecule has 34 heavy (non-hydrogen) atoms. The van der Waals surface area contributed by atoms with Crippen molar-refractivity contribution in [2.75, 3.05) is 11.1 Å². The van der Waals surface area contributed by atoms with Crippen LogP contribution in [0.25, 0.3) is 10.9 Å². The fourth-order valence-corrected chi connectivity index (χ4v) is 3.90. The maximum absolute atomic E-state index is 13.3. The lowest BCUT2D eigenvalue weighted by atomic mass is 10.0. The van der Waals surface area contributed by atoms with Crippen molar-refractivity contribution in [1.82, 2.24) is 30.0 Å². The van der Waals surface area contributed by atoms with Gasteiger partial charge in [-0.25, -0.2) is 15.0 Å². The van der Waals surface area contributed by atoms with E-state index in [9.17, 15) is 10.1 Å². The number of anilines is 2. The van der Waals surface area contributed by atoms with Crippen molar-refractivity contribution in [3.8, 4) is 6.07 Å². The van der Waals surface area contributed by atoms with E-state index >= 15 is 0 Å². The molecule has 10 nitrogen and oxygen atoms in total. The highest BCUT2D eigenvalue weighted by Gasteiger charge is 2.22. The zero-order chi connectivity index (χ0) is 24.4. The molecule has 1 unspecified atom stereocenters. The van der Waals surface area contributed by atoms with Crippen LogP contribution in [0.1, 0.15) is 46.0 Å². The molecule has 0 saturated carbocycles. The zero-order valence-corrected chi connectivity index (χ0v) is 19.6. The van der Waals surface area contributed by atoms with Gasteiger partial charge in [-0.05, 0) is 32.0 Å². The number of aromatic nitrogens is 5. The van der Waals surface area contributed by atoms with Gasteiger partial charge >= 0.3 is 0 Å². The molecule has 1 aromatic carbocycles. The Morgan fingerprint density at radius 1 is 1.32 bits per heavy atom. The Hall–Kier alpha value is -4.23. The number of carbonyl (C=O) groups excluding carboxylic acids is 1. The Balaban J connectivity index is 1.72. The monoisotopic (exact) mass is 475 g/mol. The number of para-hydroxylation sites is 1. The number of benzene rings is 1. The van der Waals surface area contributed by atoms with Gasteiger partial charge < -0.3 is 16.4 Å². The van der Waals surface area contributed by atoms with Crippen LogP contribution in [0.2, 0.25) is 5.02 Å². The van der Waals surface area contributed by atoms with Crippen LogP contribution in [0.4, 0.5) is 11.6 Å². The number of nitrogen functional groups attached to an aromatic ring is 1. The molecule has 3 heterocycles. The lowest BCUT2D eigenvalue weighted by molar-refractivity contribution is 0.0948. The van der Waals surface area contributed by atoms with E-state index in [1.807, 2.05) is 39.1 Å². The van der Waals surface area contributed by atoms with E-state index in [0.717, 1.165) is 16.8 Å². The largest absolute Gasteiger partial charge is 0.382 e. The van der Waals surface area contributed by atoms with Gasteiger partial charge in [0, 0.05) is 12.4 Å². The lowest BCUT2D eigenvalue weighted by Gasteiger charge is -2.19. The van der Waals surface area contributed by atoms with Crippen molar-refractivity contribution in [3.05, 3.63) is 69.9 Å². The van der Waals surface area contributed by atoms with Gasteiger partial charge in [0.25, 0.3) is 5.91 Å². The molecule has 4 rings (SSSR count). The van der Waals surface area contributed by atoms with Crippen molar-refractivity contribution >= 4 is 40.0 Å². The summed E-state index contributed by atoms with van der Waals surface area (Å²) in [6, 6.07) is 10.5. The van der Waals surface area contributed by atoms with E-state index in [1.165, 1.54) is 6.33 Å². The van der Waals surface area contributed by atoms with Gasteiger partial charge in [0.05, 0.1) is 45.8 Å². The van der Waals surface area contributed by atoms with Crippen LogP contribution in [0.15, 0.2) is 36.7 Å². The second-order valence-corrected chi connectivity index (χ2v) is 8.18. The molecule has 4 aromatic rings. The van der Waals surface area contributed by atoms with Gasteiger partial charge in [-0.2, -0.15) is 10.4 Å². The molecule has 0 bridgehead atoms. The minimum atomic E-state index is -0.512. The standard InChI is InChI=1S/C23H22ClN9O/c1-12-7-15(33(3)32-12)10-27-23(34)16-8-14-5-4-6-18(24)20(14)31-19(16)13(2)30-22-17(9-25)21(26)28-11-29-22/h4-8,11,13H,10H2,1-3H3,(H,27,34)(H3,26,28,29,30). The number of rotatable bonds is 6. The van der Waals surface area contributed by atoms with Gasteiger partial charge in [-0.3, -0.25) is 9.48 Å². The quantitative estimate of drug-likeness (QED) is 0.384. The summed E-state index contributed by atoms with van der Waals surface area (Å²) in [5, 5.41) is 21.0. The number of nitriles is 1. The number of nitrogens with two attached hydrogens (primary N) is 1. The third kappa shape index (κ3) is 4.46. The summed E-state index contributed by atoms with van der Waals surface area (Å²) in [6.07, 6.45) is 1.26. The maximum atomic E-state index is 13.3. The summed E-state index contributed by atoms with van der Waals surface area (Å²) in [4.78, 5) is 26.0. The number of fused-ring (bicyclic) bond motifs is 1. The first-order chi connectivity index (χ1) is 16.3. The van der Waals surface area contributed by atoms with Crippen LogP contribution >= 0.6 is 11.6 Å². The average molecular weight is 476 g/mol. The maximum Gasteiger partial charge on any atom is 0.253 e. The molecule has 0 spiro atoms. The summed E-state index contributed by atoms with van der Waals surface area (Å²) in [6.45, 7) is 4.00. The van der Waals surface area contributed by atoms with Gasteiger partial charge in [-0.15, -0.1) is 0 Å². The van der Waals surface area contributed by atoms with Gasteiger partial charge in [-0.1, -0.05) is 23.7 Å². The molecule has 172 valence electrons. The normalized spacial score (nSPS) is 11.7. The first kappa shape index (κ1) is 22.9. The molecule has 1 amide bonds. The summed E-state index contributed by atoms with van der Waals surface area (Å²) < 4.78 is 1.72. The Morgan fingerprint density at radius 3 is 2.82 bits per heavy atom. The minimum Gasteiger partial charge on any atom is -0.382 e. The average Bonchev–Trinajstić information content (AvgIpc) is 3.13. The number of nitrogens with zero attached hydrogens (tertiary/aromatic N) is 6. The summed E-state index contributed by atoms with van der Waals surface area (Å²) in [5.41, 5.74) is 9.04. The number of pyridine rings is 1. The SMILES string of the molecule is Cc1cc(CNC(=O)c2cc3cccc(Cl)c3nc2C(C)Nc2ncnc(N)c2C#N)n(C)n1. The third-order valence-corrected chi connectivity index (χ3v) is 5.66. The number of hydrogen-bond donors (Lipinski definition) is 3. The molecule has 0 aliphatic heterocycles. The molecule has 11 heteroatoms. The second-order valence-electron chi connectivity index (χ2n) is 7.78. The van der Waals surface area contributed by atoms with Crippen molar-refractivity contribution in [3.63, 3.8) is 0 Å². The van der Waals surface area contributed by atoms with Gasteiger partial charge in [0.2, 0.25) is 0 Å². The highest BCUT2D eigenvalue weighted by atomic mass is 35.5. The van der Waals surface area contributed by atoms with Crippen LogP contribution in [0.3, 0.4) is 0 Å². The van der Waals surface area contributed by atoms with E-state index in [1.54, 1.807) is 22.9 Å². The minimum absolute atomic E-state index is 0.0613. The van der Waals surface area contributed by atoms with E-state index < -0.39 is 6.04 Å². The third-order valence-electron chi connectivity index (χ3n) is 5.35. The molecule has 0 aliphatic carbocycles. The topological polar surface area (TPSA) is 147 Å². The first-order valence-corrected chi connectivity index (χ1v) is 10.8. The van der Waals surface area contributed by atoms with Crippen LogP contribution < -0.4 is 16.4 Å². The molecule has 1 atom stereocenters. The molecule has 4 N–H and O–H groups in total. The van der Waals surface area contributed by atoms with E-state index in [0.29, 0.717) is 28.3 Å². The highest BCUT2D eigenvalue weighted by Crippen LogP contribution is 2.29. The molecule has 0 aliphatic rings. The summed E-state index contributed by atoms with van der Waals surface area (Å²) in [7, 11) is 1.83. The zero-order valence-electron chi connectivity index (χ0n) is 18.8. The van der Waals surface area contributed by atoms with Gasteiger partial charge in [0.15, 0.2) is 0 Å². The van der Waals surface area contributed by atoms with Crippen molar-refractivity contribution < 1.29 is 4.79 Å². The number of nitrogens with one attached hydrogen (secondary N) is 2. The predicted molar refractivity (Wildman–Crippen MR) is 129 cm³/mol. The molecular weight excluding hydrogens is 454 g/mol. The van der Waals surface area contributed by atoms with Crippen molar-refractivity contribution in [2.24, 2.45) is 7.05 Å². The second kappa shape index (κ2) is 9.33. The van der Waals surface area contributed by atoms with Gasteiger partial charge in [0.1, 0.15) is 29.6 Å². The number of aryl methyl sites for hydroxylation is 2. The van der Waals surface area contributed by atoms with E-state index in [-0.39, 0.29) is 23.1 Å². The predicted octanol–water partition coefficient (Wildman–Crippen LogP) is 3.28. The molecule has 0 fully saturated rings. The summed E-state index contributed by atoms with van der Waals surface area (Å²) in [5.74, 6) is 0.00557. The van der Waals surface area contributed by atoms with Crippen LogP contribution in [-0.4, -0.2) is 30.6 Å². The smallest absolute Gasteiger partial charge is 0.253 e. The van der Waals surface area contributed by atoms with Crippen molar-refractivity contribution in [1.29, 1.82) is 5.26 Å². The molecular formula is C23H22ClN9O. The number of amides is 1. The lowest BCUT2D eigenvalue weighted by Crippen LogP contribution is -2.27. The molecule has 3 aromatic heterocycles. The number of halogens is 1. The Kier molecular flexibility index (Phi) is 6.30. The first-order valence-electron chi connectivity index (χ1n) is 10.4. The van der Waals surface area contributed by atoms with Crippen LogP contribution in [-0.2, 0) is 13.6 Å². The van der Waals surface area contributed by atoms with E-state index in [4.69, 9.17) is 22.3 Å². The fraction of sp³-hybridized carbons (Fsp3) is 0.217. The Morgan fingerprint density at radius 2 is 2.12 bits per heavy atom. The van der Waals surface area contributed by atoms with Crippen molar-refractivity contribution in [2.45, 2.75) is 26.4 Å².